The van der Waals surface area contributed by atoms with Gasteiger partial charge in [0.25, 0.3) is 5.91 Å². The van der Waals surface area contributed by atoms with E-state index in [0.717, 1.165) is 119 Å². The second kappa shape index (κ2) is 20.4. The second-order valence-corrected chi connectivity index (χ2v) is 21.3. The molecule has 0 spiro atoms. The zero-order valence-electron chi connectivity index (χ0n) is 41.6. The lowest BCUT2D eigenvalue weighted by Gasteiger charge is -2.40. The molecule has 4 aliphatic rings. The van der Waals surface area contributed by atoms with Crippen LogP contribution in [-0.4, -0.2) is 98.3 Å². The summed E-state index contributed by atoms with van der Waals surface area (Å²) in [6.07, 6.45) is 8.11. The summed E-state index contributed by atoms with van der Waals surface area (Å²) in [4.78, 5) is 67.7. The standard InChI is InChI=1S/C57H61N9O6S/c1-34(64-29-31-65(32-30-64)46-14-7-12-42-51(62-63(3)53(42)46)43-24-26-50(67)60-55(43)69)17-18-36-19-21-38(22-20-36)72-47-15-8-10-39(35(47)2)40-23-25-49(59-52(40)56(70)71)66-28-27-37-9-6-11-41(44(37)33-66)54(68)61-57-58-45-13-4-5-16-48(45)73-57/h4-16,23,25,34,36,38,43H,17-22,24,26-33H2,1-3H3,(H,70,71)(H,58,61,68)(H,60,67,69)/t34-,36-,38-,43?/m1/s1. The van der Waals surface area contributed by atoms with E-state index in [1.165, 1.54) is 17.8 Å². The van der Waals surface area contributed by atoms with Crippen molar-refractivity contribution in [2.45, 2.75) is 96.2 Å². The average molecular weight is 1000 g/mol. The highest BCUT2D eigenvalue weighted by Crippen LogP contribution is 2.39. The molecule has 0 bridgehead atoms. The number of imide groups is 1. The lowest BCUT2D eigenvalue weighted by Crippen LogP contribution is -2.49. The molecule has 376 valence electrons. The first-order chi connectivity index (χ1) is 35.4. The molecule has 3 N–H and O–H groups in total. The number of ether oxygens (including phenoxy) is 1. The molecule has 2 saturated heterocycles. The van der Waals surface area contributed by atoms with Gasteiger partial charge in [0, 0.05) is 75.3 Å². The molecule has 4 aromatic carbocycles. The van der Waals surface area contributed by atoms with E-state index in [2.05, 4.69) is 44.5 Å². The number of carboxylic acid groups (broad SMARTS) is 1. The van der Waals surface area contributed by atoms with Gasteiger partial charge in [0.15, 0.2) is 10.8 Å². The fraction of sp³-hybridized carbons (Fsp3) is 0.386. The number of rotatable bonds is 13. The van der Waals surface area contributed by atoms with Crippen LogP contribution in [0.25, 0.3) is 32.2 Å². The first-order valence-electron chi connectivity index (χ1n) is 25.8. The lowest BCUT2D eigenvalue weighted by atomic mass is 9.83. The minimum absolute atomic E-state index is 0.0218. The molecule has 1 aliphatic carbocycles. The molecule has 3 aromatic heterocycles. The highest BCUT2D eigenvalue weighted by atomic mass is 32.1. The van der Waals surface area contributed by atoms with E-state index in [1.807, 2.05) is 102 Å². The van der Waals surface area contributed by atoms with E-state index in [4.69, 9.17) is 14.8 Å². The number of piperidine rings is 1. The summed E-state index contributed by atoms with van der Waals surface area (Å²) in [7, 11) is 1.94. The number of carbonyl (C=O) groups excluding carboxylic acids is 3. The predicted octanol–water partition coefficient (Wildman–Crippen LogP) is 9.52. The number of benzene rings is 4. The van der Waals surface area contributed by atoms with Gasteiger partial charge in [-0.15, -0.1) is 0 Å². The van der Waals surface area contributed by atoms with Crippen molar-refractivity contribution >= 4 is 72.8 Å². The van der Waals surface area contributed by atoms with Gasteiger partial charge >= 0.3 is 5.97 Å². The molecule has 3 fully saturated rings. The number of carbonyl (C=O) groups is 4. The van der Waals surface area contributed by atoms with Gasteiger partial charge in [-0.1, -0.05) is 59.9 Å². The minimum Gasteiger partial charge on any atom is -0.490 e. The summed E-state index contributed by atoms with van der Waals surface area (Å²) < 4.78 is 9.61. The number of hydrogen-bond donors (Lipinski definition) is 3. The van der Waals surface area contributed by atoms with Gasteiger partial charge in [-0.05, 0) is 136 Å². The van der Waals surface area contributed by atoms with Crippen LogP contribution in [0.5, 0.6) is 5.75 Å². The average Bonchev–Trinajstić information content (AvgIpc) is 3.98. The minimum atomic E-state index is -1.10. The molecule has 3 amide bonds. The fourth-order valence-electron chi connectivity index (χ4n) is 11.7. The quantitative estimate of drug-likeness (QED) is 0.0935. The SMILES string of the molecule is Cc1c(O[C@H]2CC[C@H](CC[C@@H](C)N3CCN(c4cccc5c(C6CCC(=O)NC6=O)nn(C)c45)CC3)CC2)cccc1-c1ccc(N2CCc3cccc(C(=O)Nc4nc5ccccc5s4)c3C2)nc1C(=O)O. The molecular formula is C57H61N9O6S. The van der Waals surface area contributed by atoms with Crippen LogP contribution >= 0.6 is 11.3 Å². The van der Waals surface area contributed by atoms with Gasteiger partial charge in [0.1, 0.15) is 11.6 Å². The maximum atomic E-state index is 13.7. The van der Waals surface area contributed by atoms with Crippen molar-refractivity contribution in [1.29, 1.82) is 0 Å². The monoisotopic (exact) mass is 999 g/mol. The van der Waals surface area contributed by atoms with Crippen LogP contribution < -0.4 is 25.2 Å². The number of hydrogen-bond acceptors (Lipinski definition) is 12. The molecule has 11 rings (SSSR count). The normalized spacial score (nSPS) is 20.0. The Labute approximate surface area is 428 Å². The van der Waals surface area contributed by atoms with Crippen molar-refractivity contribution in [3.63, 3.8) is 0 Å². The third-order valence-corrected chi connectivity index (χ3v) is 16.8. The van der Waals surface area contributed by atoms with Gasteiger partial charge in [0.2, 0.25) is 11.8 Å². The summed E-state index contributed by atoms with van der Waals surface area (Å²) in [5.41, 5.74) is 8.49. The van der Waals surface area contributed by atoms with E-state index < -0.39 is 11.9 Å². The third-order valence-electron chi connectivity index (χ3n) is 15.8. The molecule has 7 aromatic rings. The van der Waals surface area contributed by atoms with E-state index in [0.29, 0.717) is 66.4 Å². The highest BCUT2D eigenvalue weighted by molar-refractivity contribution is 7.22. The van der Waals surface area contributed by atoms with Crippen molar-refractivity contribution in [3.8, 4) is 16.9 Å². The molecule has 16 heteroatoms. The van der Waals surface area contributed by atoms with Crippen LogP contribution in [0.1, 0.15) is 107 Å². The Balaban J connectivity index is 0.680. The zero-order valence-corrected chi connectivity index (χ0v) is 42.4. The summed E-state index contributed by atoms with van der Waals surface area (Å²) in [5, 5.41) is 22.4. The molecule has 73 heavy (non-hydrogen) atoms. The molecule has 15 nitrogen and oxygen atoms in total. The number of piperazine rings is 1. The third kappa shape index (κ3) is 9.77. The zero-order chi connectivity index (χ0) is 50.3. The number of thiazole rings is 1. The van der Waals surface area contributed by atoms with Crippen LogP contribution in [0, 0.1) is 12.8 Å². The number of nitrogens with one attached hydrogen (secondary N) is 2. The Bertz CT molecular complexity index is 3230. The Morgan fingerprint density at radius 2 is 1.64 bits per heavy atom. The van der Waals surface area contributed by atoms with Gasteiger partial charge in [-0.2, -0.15) is 5.10 Å². The van der Waals surface area contributed by atoms with Gasteiger partial charge < -0.3 is 19.6 Å². The lowest BCUT2D eigenvalue weighted by molar-refractivity contribution is -0.134. The van der Waals surface area contributed by atoms with Crippen LogP contribution in [0.15, 0.2) is 91.0 Å². The highest BCUT2D eigenvalue weighted by Gasteiger charge is 2.34. The van der Waals surface area contributed by atoms with Crippen molar-refractivity contribution < 1.29 is 29.0 Å². The number of aromatic carboxylic acids is 1. The fourth-order valence-corrected chi connectivity index (χ4v) is 12.6. The van der Waals surface area contributed by atoms with Crippen LogP contribution in [0.2, 0.25) is 0 Å². The molecule has 1 saturated carbocycles. The maximum Gasteiger partial charge on any atom is 0.355 e. The summed E-state index contributed by atoms with van der Waals surface area (Å²) in [6, 6.07) is 29.9. The van der Waals surface area contributed by atoms with Gasteiger partial charge in [0.05, 0.1) is 39.1 Å². The van der Waals surface area contributed by atoms with Crippen LogP contribution in [0.4, 0.5) is 16.6 Å². The topological polar surface area (TPSA) is 175 Å². The predicted molar refractivity (Wildman–Crippen MR) is 285 cm³/mol. The number of para-hydroxylation sites is 2. The summed E-state index contributed by atoms with van der Waals surface area (Å²) in [6.45, 7) is 9.19. The maximum absolute atomic E-state index is 13.7. The number of amides is 3. The smallest absolute Gasteiger partial charge is 0.355 e. The van der Waals surface area contributed by atoms with E-state index >= 15 is 0 Å². The van der Waals surface area contributed by atoms with E-state index in [-0.39, 0.29) is 29.5 Å². The van der Waals surface area contributed by atoms with E-state index in [1.54, 1.807) is 0 Å². The first-order valence-corrected chi connectivity index (χ1v) is 26.6. The van der Waals surface area contributed by atoms with Crippen molar-refractivity contribution in [2.24, 2.45) is 13.0 Å². The van der Waals surface area contributed by atoms with Crippen LogP contribution in [-0.2, 0) is 29.6 Å². The molecule has 0 radical (unpaired) electrons. The Morgan fingerprint density at radius 1 is 0.849 bits per heavy atom. The number of fused-ring (bicyclic) bond motifs is 3. The largest absolute Gasteiger partial charge is 0.490 e. The van der Waals surface area contributed by atoms with Crippen molar-refractivity contribution in [2.75, 3.05) is 47.8 Å². The number of nitrogens with zero attached hydrogens (tertiary/aromatic N) is 7. The number of aryl methyl sites for hydroxylation is 1. The molecule has 3 aliphatic heterocycles. The van der Waals surface area contributed by atoms with Crippen molar-refractivity contribution in [1.82, 2.24) is 30.0 Å². The van der Waals surface area contributed by atoms with Gasteiger partial charge in [-0.25, -0.2) is 14.8 Å². The number of carboxylic acids is 1. The molecule has 1 unspecified atom stereocenters. The van der Waals surface area contributed by atoms with Gasteiger partial charge in [-0.3, -0.25) is 34.6 Å². The number of anilines is 3. The summed E-state index contributed by atoms with van der Waals surface area (Å²) >= 11 is 1.44. The molecule has 6 heterocycles. The first kappa shape index (κ1) is 48.1. The van der Waals surface area contributed by atoms with E-state index in [9.17, 15) is 24.3 Å². The Morgan fingerprint density at radius 3 is 2.44 bits per heavy atom. The Hall–Kier alpha value is -7.17. The van der Waals surface area contributed by atoms with Crippen LogP contribution in [0.3, 0.4) is 0 Å². The number of pyridine rings is 1. The Kier molecular flexibility index (Phi) is 13.4. The van der Waals surface area contributed by atoms with Crippen molar-refractivity contribution in [3.05, 3.63) is 125 Å². The molecule has 2 atom stereocenters. The molecular weight excluding hydrogens is 939 g/mol. The second-order valence-electron chi connectivity index (χ2n) is 20.3. The number of aromatic nitrogens is 4. The summed E-state index contributed by atoms with van der Waals surface area (Å²) in [5.74, 6) is -0.263.